The zero-order valence-electron chi connectivity index (χ0n) is 16.5. The second-order valence-corrected chi connectivity index (χ2v) is 9.15. The Morgan fingerprint density at radius 1 is 1.32 bits per heavy atom. The van der Waals surface area contributed by atoms with Gasteiger partial charge in [-0.3, -0.25) is 4.79 Å². The van der Waals surface area contributed by atoms with Gasteiger partial charge in [0.25, 0.3) is 5.92 Å². The van der Waals surface area contributed by atoms with Crippen molar-refractivity contribution in [1.29, 1.82) is 0 Å². The minimum Gasteiger partial charge on any atom is -0.494 e. The summed E-state index contributed by atoms with van der Waals surface area (Å²) in [6, 6.07) is 4.84. The first kappa shape index (κ1) is 20.1. The number of fused-ring (bicyclic) bond motifs is 2. The van der Waals surface area contributed by atoms with Crippen LogP contribution in [0.4, 0.5) is 8.78 Å². The van der Waals surface area contributed by atoms with Crippen LogP contribution in [0.5, 0.6) is 5.75 Å². The summed E-state index contributed by atoms with van der Waals surface area (Å²) in [5, 5.41) is 19.8. The normalized spacial score (nSPS) is 19.9. The highest BCUT2D eigenvalue weighted by atomic mass is 32.1. The van der Waals surface area contributed by atoms with Crippen molar-refractivity contribution in [2.45, 2.75) is 43.8 Å². The first-order chi connectivity index (χ1) is 14.7. The summed E-state index contributed by atoms with van der Waals surface area (Å²) < 4.78 is 35.4. The third-order valence-corrected chi connectivity index (χ3v) is 7.25. The van der Waals surface area contributed by atoms with Crippen molar-refractivity contribution in [1.82, 2.24) is 4.57 Å². The summed E-state index contributed by atoms with van der Waals surface area (Å²) in [6.07, 6.45) is 0.998. The average molecular weight is 447 g/mol. The van der Waals surface area contributed by atoms with E-state index in [9.17, 15) is 28.6 Å². The van der Waals surface area contributed by atoms with Crippen molar-refractivity contribution >= 4 is 28.2 Å². The molecule has 5 rings (SSSR count). The topological polar surface area (TPSA) is 88.8 Å². The summed E-state index contributed by atoms with van der Waals surface area (Å²) in [4.78, 5) is 25.7. The lowest BCUT2D eigenvalue weighted by Gasteiger charge is -2.27. The molecule has 2 N–H and O–H groups in total. The molecular formula is C22H19F2NO5S. The molecule has 0 radical (unpaired) electrons. The number of methoxy groups -OCH3 is 1. The molecule has 1 fully saturated rings. The highest BCUT2D eigenvalue weighted by Crippen LogP contribution is 2.49. The van der Waals surface area contributed by atoms with Crippen LogP contribution in [0.15, 0.2) is 29.2 Å². The van der Waals surface area contributed by atoms with Gasteiger partial charge in [-0.1, -0.05) is 0 Å². The molecule has 0 amide bonds. The van der Waals surface area contributed by atoms with Crippen LogP contribution in [0.25, 0.3) is 21.3 Å². The number of aromatic nitrogens is 1. The Balaban J connectivity index is 1.75. The van der Waals surface area contributed by atoms with Crippen molar-refractivity contribution in [3.63, 3.8) is 0 Å². The van der Waals surface area contributed by atoms with E-state index in [0.717, 1.165) is 12.8 Å². The van der Waals surface area contributed by atoms with Gasteiger partial charge in [-0.25, -0.2) is 13.6 Å². The van der Waals surface area contributed by atoms with Crippen LogP contribution in [-0.2, 0) is 6.42 Å². The molecule has 162 valence electrons. The van der Waals surface area contributed by atoms with E-state index in [1.807, 2.05) is 0 Å². The lowest BCUT2D eigenvalue weighted by molar-refractivity contribution is -0.121. The number of aromatic carboxylic acids is 1. The van der Waals surface area contributed by atoms with E-state index in [2.05, 4.69) is 0 Å². The second kappa shape index (κ2) is 6.86. The van der Waals surface area contributed by atoms with E-state index in [1.54, 1.807) is 22.8 Å². The zero-order valence-corrected chi connectivity index (χ0v) is 17.3. The van der Waals surface area contributed by atoms with Crippen molar-refractivity contribution < 1.29 is 28.5 Å². The van der Waals surface area contributed by atoms with Crippen LogP contribution in [0.3, 0.4) is 0 Å². The first-order valence-electron chi connectivity index (χ1n) is 9.91. The number of pyridine rings is 1. The quantitative estimate of drug-likeness (QED) is 0.620. The first-order valence-corrected chi connectivity index (χ1v) is 10.7. The molecule has 2 aromatic heterocycles. The zero-order chi connectivity index (χ0) is 22.1. The molecule has 2 aliphatic rings. The summed E-state index contributed by atoms with van der Waals surface area (Å²) in [6.45, 7) is 0. The van der Waals surface area contributed by atoms with Gasteiger partial charge in [-0.15, -0.1) is 11.3 Å². The van der Waals surface area contributed by atoms with Crippen LogP contribution in [0.2, 0.25) is 0 Å². The number of thiophene rings is 1. The van der Waals surface area contributed by atoms with Crippen molar-refractivity contribution in [3.8, 4) is 16.2 Å². The fraction of sp³-hybridized carbons (Fsp3) is 0.364. The third kappa shape index (κ3) is 3.06. The largest absolute Gasteiger partial charge is 0.494 e. The van der Waals surface area contributed by atoms with Gasteiger partial charge in [-0.2, -0.15) is 0 Å². The van der Waals surface area contributed by atoms with E-state index in [0.29, 0.717) is 26.6 Å². The van der Waals surface area contributed by atoms with Crippen molar-refractivity contribution in [2.75, 3.05) is 7.11 Å². The number of nitrogens with zero attached hydrogens (tertiary/aromatic N) is 1. The molecule has 6 nitrogen and oxygen atoms in total. The van der Waals surface area contributed by atoms with E-state index in [4.69, 9.17) is 4.74 Å². The van der Waals surface area contributed by atoms with E-state index >= 15 is 0 Å². The fourth-order valence-electron chi connectivity index (χ4n) is 4.26. The van der Waals surface area contributed by atoms with Crippen LogP contribution in [0, 0.1) is 0 Å². The standard InChI is InChI=1S/C22H19F2NO5S/c1-30-19-11(16-8-13-15(31-16)6-7-22(23,24)20(13)27)4-5-12-17(19)25(10-2-3-10)9-14(18(12)26)21(28)29/h4-5,8-10,20,27H,2-3,6-7H2,1H3,(H,28,29). The van der Waals surface area contributed by atoms with Gasteiger partial charge in [-0.05, 0) is 37.5 Å². The molecule has 31 heavy (non-hydrogen) atoms. The predicted molar refractivity (Wildman–Crippen MR) is 112 cm³/mol. The molecular weight excluding hydrogens is 428 g/mol. The molecule has 1 unspecified atom stereocenters. The maximum atomic E-state index is 14.0. The number of ether oxygens (including phenoxy) is 1. The average Bonchev–Trinajstić information content (AvgIpc) is 3.48. The van der Waals surface area contributed by atoms with Crippen LogP contribution >= 0.6 is 11.3 Å². The molecule has 2 aliphatic carbocycles. The number of hydrogen-bond donors (Lipinski definition) is 2. The van der Waals surface area contributed by atoms with Gasteiger partial charge >= 0.3 is 5.97 Å². The number of hydrogen-bond acceptors (Lipinski definition) is 5. The number of aliphatic hydroxyl groups is 1. The molecule has 1 saturated carbocycles. The van der Waals surface area contributed by atoms with Gasteiger partial charge in [0.05, 0.1) is 18.0 Å². The highest BCUT2D eigenvalue weighted by Gasteiger charge is 2.44. The van der Waals surface area contributed by atoms with E-state index in [1.165, 1.54) is 24.6 Å². The number of aryl methyl sites for hydroxylation is 1. The maximum absolute atomic E-state index is 14.0. The Hall–Kier alpha value is -2.78. The Bertz CT molecular complexity index is 1290. The molecule has 9 heteroatoms. The van der Waals surface area contributed by atoms with Crippen molar-refractivity contribution in [2.24, 2.45) is 0 Å². The van der Waals surface area contributed by atoms with Gasteiger partial charge < -0.3 is 19.5 Å². The van der Waals surface area contributed by atoms with Gasteiger partial charge in [0.1, 0.15) is 11.7 Å². The second-order valence-electron chi connectivity index (χ2n) is 8.01. The number of halogens is 2. The fourth-order valence-corrected chi connectivity index (χ4v) is 5.47. The minimum absolute atomic E-state index is 0.0717. The summed E-state index contributed by atoms with van der Waals surface area (Å²) in [7, 11) is 1.46. The molecule has 2 heterocycles. The Kier molecular flexibility index (Phi) is 4.46. The SMILES string of the molecule is COc1c(-c2cc3c(s2)CCC(F)(F)C3O)ccc2c(=O)c(C(=O)O)cn(C3CC3)c12. The third-order valence-electron chi connectivity index (χ3n) is 6.01. The molecule has 0 aliphatic heterocycles. The summed E-state index contributed by atoms with van der Waals surface area (Å²) >= 11 is 1.32. The number of carboxylic acids is 1. The van der Waals surface area contributed by atoms with E-state index in [-0.39, 0.29) is 29.0 Å². The number of alkyl halides is 2. The molecule has 0 saturated heterocycles. The Morgan fingerprint density at radius 2 is 2.06 bits per heavy atom. The monoisotopic (exact) mass is 447 g/mol. The number of carbonyl (C=O) groups is 1. The molecule has 0 bridgehead atoms. The van der Waals surface area contributed by atoms with Crippen LogP contribution < -0.4 is 10.2 Å². The molecule has 3 aromatic rings. The Labute approximate surface area is 179 Å². The van der Waals surface area contributed by atoms with Gasteiger partial charge in [0.15, 0.2) is 5.75 Å². The number of rotatable bonds is 4. The van der Waals surface area contributed by atoms with Crippen LogP contribution in [-0.4, -0.2) is 33.8 Å². The minimum atomic E-state index is -3.17. The number of benzene rings is 1. The molecule has 0 spiro atoms. The van der Waals surface area contributed by atoms with Gasteiger partial charge in [0, 0.05) is 39.5 Å². The number of aliphatic hydroxyl groups excluding tert-OH is 1. The van der Waals surface area contributed by atoms with Gasteiger partial charge in [0.2, 0.25) is 5.43 Å². The molecule has 1 atom stereocenters. The summed E-state index contributed by atoms with van der Waals surface area (Å²) in [5.74, 6) is -4.07. The predicted octanol–water partition coefficient (Wildman–Crippen LogP) is 4.39. The maximum Gasteiger partial charge on any atom is 0.341 e. The number of carboxylic acid groups (broad SMARTS) is 1. The smallest absolute Gasteiger partial charge is 0.341 e. The molecule has 1 aromatic carbocycles. The van der Waals surface area contributed by atoms with E-state index < -0.39 is 29.8 Å². The lowest BCUT2D eigenvalue weighted by atomic mass is 9.92. The van der Waals surface area contributed by atoms with Crippen molar-refractivity contribution in [3.05, 3.63) is 50.6 Å². The lowest BCUT2D eigenvalue weighted by Crippen LogP contribution is -2.30. The summed E-state index contributed by atoms with van der Waals surface area (Å²) in [5.41, 5.74) is 0.437. The van der Waals surface area contributed by atoms with Crippen LogP contribution in [0.1, 0.15) is 52.2 Å². The Morgan fingerprint density at radius 3 is 2.71 bits per heavy atom. The highest BCUT2D eigenvalue weighted by molar-refractivity contribution is 7.15.